The molecule has 2 N–H and O–H groups in total. The van der Waals surface area contributed by atoms with E-state index in [1.54, 1.807) is 0 Å². The lowest BCUT2D eigenvalue weighted by Gasteiger charge is -2.31. The first-order valence-corrected chi connectivity index (χ1v) is 7.75. The summed E-state index contributed by atoms with van der Waals surface area (Å²) in [6, 6.07) is 0.785. The average Bonchev–Trinajstić information content (AvgIpc) is 2.94. The number of piperidine rings is 1. The molecule has 3 fully saturated rings. The van der Waals surface area contributed by atoms with Gasteiger partial charge < -0.3 is 10.6 Å². The molecule has 5 unspecified atom stereocenters. The quantitative estimate of drug-likeness (QED) is 0.805. The SMILES string of the molecule is CC1NCCCC1NC(=O)CC1CC2CCC1C2. The van der Waals surface area contributed by atoms with Gasteiger partial charge in [-0.2, -0.15) is 0 Å². The Kier molecular flexibility index (Phi) is 3.60. The van der Waals surface area contributed by atoms with Crippen molar-refractivity contribution < 1.29 is 4.79 Å². The van der Waals surface area contributed by atoms with Gasteiger partial charge in [0.1, 0.15) is 0 Å². The number of amides is 1. The molecule has 0 radical (unpaired) electrons. The lowest BCUT2D eigenvalue weighted by molar-refractivity contribution is -0.123. The molecule has 1 heterocycles. The smallest absolute Gasteiger partial charge is 0.220 e. The maximum atomic E-state index is 12.2. The summed E-state index contributed by atoms with van der Waals surface area (Å²) in [5, 5.41) is 6.70. The second-order valence-corrected chi connectivity index (χ2v) is 6.70. The Bertz CT molecular complexity index is 312. The van der Waals surface area contributed by atoms with Gasteiger partial charge in [0.25, 0.3) is 0 Å². The van der Waals surface area contributed by atoms with Crippen LogP contribution in [0.1, 0.15) is 51.9 Å². The highest BCUT2D eigenvalue weighted by molar-refractivity contribution is 5.76. The van der Waals surface area contributed by atoms with Crippen molar-refractivity contribution in [1.29, 1.82) is 0 Å². The third kappa shape index (κ3) is 2.56. The van der Waals surface area contributed by atoms with Crippen LogP contribution in [0.25, 0.3) is 0 Å². The predicted molar refractivity (Wildman–Crippen MR) is 72.2 cm³/mol. The van der Waals surface area contributed by atoms with Crippen molar-refractivity contribution in [1.82, 2.24) is 10.6 Å². The molecule has 1 aliphatic heterocycles. The largest absolute Gasteiger partial charge is 0.352 e. The summed E-state index contributed by atoms with van der Waals surface area (Å²) in [5.41, 5.74) is 0. The van der Waals surface area contributed by atoms with Crippen LogP contribution in [0.3, 0.4) is 0 Å². The summed E-state index contributed by atoms with van der Waals surface area (Å²) >= 11 is 0. The van der Waals surface area contributed by atoms with E-state index in [2.05, 4.69) is 17.6 Å². The first kappa shape index (κ1) is 12.5. The Morgan fingerprint density at radius 1 is 1.28 bits per heavy atom. The van der Waals surface area contributed by atoms with E-state index in [1.807, 2.05) is 0 Å². The van der Waals surface area contributed by atoms with E-state index in [4.69, 9.17) is 0 Å². The second-order valence-electron chi connectivity index (χ2n) is 6.70. The van der Waals surface area contributed by atoms with Crippen LogP contribution in [0.15, 0.2) is 0 Å². The summed E-state index contributed by atoms with van der Waals surface area (Å²) in [4.78, 5) is 12.2. The minimum absolute atomic E-state index is 0.299. The summed E-state index contributed by atoms with van der Waals surface area (Å²) < 4.78 is 0. The van der Waals surface area contributed by atoms with Crippen molar-refractivity contribution in [2.75, 3.05) is 6.54 Å². The van der Waals surface area contributed by atoms with Crippen LogP contribution in [-0.2, 0) is 4.79 Å². The molecule has 3 aliphatic rings. The van der Waals surface area contributed by atoms with Gasteiger partial charge in [-0.15, -0.1) is 0 Å². The van der Waals surface area contributed by atoms with E-state index in [0.717, 1.165) is 31.2 Å². The van der Waals surface area contributed by atoms with Crippen molar-refractivity contribution >= 4 is 5.91 Å². The average molecular weight is 250 g/mol. The maximum absolute atomic E-state index is 12.2. The van der Waals surface area contributed by atoms with Crippen LogP contribution >= 0.6 is 0 Å². The highest BCUT2D eigenvalue weighted by Gasteiger charge is 2.40. The van der Waals surface area contributed by atoms with Gasteiger partial charge in [-0.25, -0.2) is 0 Å². The van der Waals surface area contributed by atoms with Gasteiger partial charge in [-0.05, 0) is 63.3 Å². The lowest BCUT2D eigenvalue weighted by atomic mass is 9.86. The molecule has 3 heteroatoms. The van der Waals surface area contributed by atoms with Gasteiger partial charge in [0.05, 0.1) is 0 Å². The van der Waals surface area contributed by atoms with Crippen molar-refractivity contribution in [3.8, 4) is 0 Å². The fourth-order valence-corrected chi connectivity index (χ4v) is 4.37. The van der Waals surface area contributed by atoms with Crippen LogP contribution in [-0.4, -0.2) is 24.5 Å². The number of carbonyl (C=O) groups excluding carboxylic acids is 1. The lowest BCUT2D eigenvalue weighted by Crippen LogP contribution is -2.52. The first-order chi connectivity index (χ1) is 8.72. The Labute approximate surface area is 110 Å². The second kappa shape index (κ2) is 5.20. The Morgan fingerprint density at radius 2 is 2.17 bits per heavy atom. The molecule has 102 valence electrons. The topological polar surface area (TPSA) is 41.1 Å². The van der Waals surface area contributed by atoms with Gasteiger partial charge in [-0.1, -0.05) is 6.42 Å². The Balaban J connectivity index is 1.47. The highest BCUT2D eigenvalue weighted by atomic mass is 16.1. The molecule has 1 saturated heterocycles. The van der Waals surface area contributed by atoms with Crippen LogP contribution in [0.2, 0.25) is 0 Å². The van der Waals surface area contributed by atoms with Crippen molar-refractivity contribution in [3.05, 3.63) is 0 Å². The molecular weight excluding hydrogens is 224 g/mol. The molecule has 2 aliphatic carbocycles. The molecule has 0 aromatic heterocycles. The standard InChI is InChI=1S/C15H26N2O/c1-10-14(3-2-6-16-10)17-15(18)9-13-8-11-4-5-12(13)7-11/h10-14,16H,2-9H2,1H3,(H,17,18). The molecule has 3 rings (SSSR count). The zero-order chi connectivity index (χ0) is 12.5. The fraction of sp³-hybridized carbons (Fsp3) is 0.933. The van der Waals surface area contributed by atoms with E-state index >= 15 is 0 Å². The molecule has 18 heavy (non-hydrogen) atoms. The van der Waals surface area contributed by atoms with E-state index < -0.39 is 0 Å². The number of hydrogen-bond acceptors (Lipinski definition) is 2. The van der Waals surface area contributed by atoms with Gasteiger partial charge in [0.15, 0.2) is 0 Å². The van der Waals surface area contributed by atoms with E-state index in [-0.39, 0.29) is 0 Å². The van der Waals surface area contributed by atoms with Gasteiger partial charge >= 0.3 is 0 Å². The highest BCUT2D eigenvalue weighted by Crippen LogP contribution is 2.49. The molecule has 0 aromatic carbocycles. The van der Waals surface area contributed by atoms with E-state index in [9.17, 15) is 4.79 Å². The summed E-state index contributed by atoms with van der Waals surface area (Å²) in [7, 11) is 0. The Hall–Kier alpha value is -0.570. The molecule has 0 aromatic rings. The third-order valence-electron chi connectivity index (χ3n) is 5.44. The predicted octanol–water partition coefficient (Wildman–Crippen LogP) is 2.07. The third-order valence-corrected chi connectivity index (χ3v) is 5.44. The van der Waals surface area contributed by atoms with Gasteiger partial charge in [0.2, 0.25) is 5.91 Å². The molecule has 0 spiro atoms. The molecule has 5 atom stereocenters. The minimum Gasteiger partial charge on any atom is -0.352 e. The summed E-state index contributed by atoms with van der Waals surface area (Å²) in [6.45, 7) is 3.28. The van der Waals surface area contributed by atoms with Crippen molar-refractivity contribution in [3.63, 3.8) is 0 Å². The molecule has 3 nitrogen and oxygen atoms in total. The summed E-state index contributed by atoms with van der Waals surface area (Å²) in [5.74, 6) is 2.80. The summed E-state index contributed by atoms with van der Waals surface area (Å²) in [6.07, 6.45) is 8.62. The van der Waals surface area contributed by atoms with Gasteiger partial charge in [-0.3, -0.25) is 4.79 Å². The molecule has 2 saturated carbocycles. The Morgan fingerprint density at radius 3 is 2.83 bits per heavy atom. The van der Waals surface area contributed by atoms with Crippen LogP contribution in [0, 0.1) is 17.8 Å². The number of carbonyl (C=O) groups is 1. The zero-order valence-electron chi connectivity index (χ0n) is 11.5. The number of fused-ring (bicyclic) bond motifs is 2. The zero-order valence-corrected chi connectivity index (χ0v) is 11.5. The van der Waals surface area contributed by atoms with Gasteiger partial charge in [0, 0.05) is 18.5 Å². The maximum Gasteiger partial charge on any atom is 0.220 e. The van der Waals surface area contributed by atoms with Crippen LogP contribution in [0.4, 0.5) is 0 Å². The molecular formula is C15H26N2O. The number of nitrogens with one attached hydrogen (secondary N) is 2. The number of hydrogen-bond donors (Lipinski definition) is 2. The minimum atomic E-state index is 0.299. The first-order valence-electron chi connectivity index (χ1n) is 7.75. The molecule has 1 amide bonds. The number of rotatable bonds is 3. The van der Waals surface area contributed by atoms with Crippen LogP contribution < -0.4 is 10.6 Å². The van der Waals surface area contributed by atoms with E-state index in [0.29, 0.717) is 23.9 Å². The van der Waals surface area contributed by atoms with E-state index in [1.165, 1.54) is 32.1 Å². The molecule has 2 bridgehead atoms. The fourth-order valence-electron chi connectivity index (χ4n) is 4.37. The van der Waals surface area contributed by atoms with Crippen molar-refractivity contribution in [2.45, 2.75) is 64.0 Å². The van der Waals surface area contributed by atoms with Crippen molar-refractivity contribution in [2.24, 2.45) is 17.8 Å². The van der Waals surface area contributed by atoms with Crippen LogP contribution in [0.5, 0.6) is 0 Å². The normalized spacial score (nSPS) is 43.1. The monoisotopic (exact) mass is 250 g/mol.